The molecule has 4 rings (SSSR count). The Hall–Kier alpha value is -2.55. The van der Waals surface area contributed by atoms with E-state index in [1.807, 2.05) is 49.1 Å². The van der Waals surface area contributed by atoms with Crippen molar-refractivity contribution in [3.05, 3.63) is 78.4 Å². The summed E-state index contributed by atoms with van der Waals surface area (Å²) in [7, 11) is 0. The molecule has 0 amide bonds. The van der Waals surface area contributed by atoms with E-state index >= 15 is 0 Å². The molecule has 0 bridgehead atoms. The third-order valence-electron chi connectivity index (χ3n) is 4.29. The first-order valence-electron chi connectivity index (χ1n) is 7.74. The number of ether oxygens (including phenoxy) is 1. The summed E-state index contributed by atoms with van der Waals surface area (Å²) in [6.07, 6.45) is 9.19. The summed E-state index contributed by atoms with van der Waals surface area (Å²) in [6.45, 7) is 0. The fourth-order valence-corrected chi connectivity index (χ4v) is 3.26. The number of benzene rings is 2. The first-order chi connectivity index (χ1) is 10.9. The average molecular weight is 290 g/mol. The topological polar surface area (TPSA) is 27.1 Å². The standard InChI is InChI=1S/C19H18N2O/c1-2-6-15(7-3-1)22-19-11-5-8-16-17(19)9-4-10-18(16)21-13-12-20-14-21/h1-3,5-8,11-14,18H,4,9-10H2. The Morgan fingerprint density at radius 1 is 1.05 bits per heavy atom. The van der Waals surface area contributed by atoms with Crippen molar-refractivity contribution < 1.29 is 4.74 Å². The van der Waals surface area contributed by atoms with Crippen molar-refractivity contribution in [2.24, 2.45) is 0 Å². The highest BCUT2D eigenvalue weighted by atomic mass is 16.5. The molecule has 0 spiro atoms. The van der Waals surface area contributed by atoms with Crippen LogP contribution in [0, 0.1) is 0 Å². The smallest absolute Gasteiger partial charge is 0.130 e. The lowest BCUT2D eigenvalue weighted by Crippen LogP contribution is -2.16. The minimum absolute atomic E-state index is 0.366. The minimum atomic E-state index is 0.366. The van der Waals surface area contributed by atoms with E-state index in [-0.39, 0.29) is 0 Å². The van der Waals surface area contributed by atoms with Gasteiger partial charge in [-0.3, -0.25) is 0 Å². The first kappa shape index (κ1) is 13.1. The Morgan fingerprint density at radius 2 is 1.95 bits per heavy atom. The van der Waals surface area contributed by atoms with Crippen molar-refractivity contribution in [2.45, 2.75) is 25.3 Å². The number of aromatic nitrogens is 2. The highest BCUT2D eigenvalue weighted by Crippen LogP contribution is 2.38. The van der Waals surface area contributed by atoms with Gasteiger partial charge in [-0.05, 0) is 43.0 Å². The third kappa shape index (κ3) is 2.39. The van der Waals surface area contributed by atoms with E-state index in [9.17, 15) is 0 Å². The van der Waals surface area contributed by atoms with Crippen molar-refractivity contribution in [1.29, 1.82) is 0 Å². The zero-order chi connectivity index (χ0) is 14.8. The van der Waals surface area contributed by atoms with Crippen molar-refractivity contribution in [3.8, 4) is 11.5 Å². The SMILES string of the molecule is c1ccc(Oc2cccc3c2CCCC3n2ccnc2)cc1. The van der Waals surface area contributed by atoms with Gasteiger partial charge in [-0.25, -0.2) is 4.98 Å². The van der Waals surface area contributed by atoms with Gasteiger partial charge in [-0.1, -0.05) is 30.3 Å². The molecule has 1 heterocycles. The van der Waals surface area contributed by atoms with Crippen LogP contribution in [0.15, 0.2) is 67.3 Å². The first-order valence-corrected chi connectivity index (χ1v) is 7.74. The van der Waals surface area contributed by atoms with Crippen LogP contribution in [0.3, 0.4) is 0 Å². The summed E-state index contributed by atoms with van der Waals surface area (Å²) >= 11 is 0. The maximum atomic E-state index is 6.12. The molecule has 3 aromatic rings. The molecule has 3 heteroatoms. The van der Waals surface area contributed by atoms with Crippen molar-refractivity contribution in [2.75, 3.05) is 0 Å². The van der Waals surface area contributed by atoms with Gasteiger partial charge in [0.15, 0.2) is 0 Å². The summed E-state index contributed by atoms with van der Waals surface area (Å²) in [5.41, 5.74) is 2.69. The molecule has 0 N–H and O–H groups in total. The second-order valence-electron chi connectivity index (χ2n) is 5.66. The molecule has 1 aliphatic rings. The predicted molar refractivity (Wildman–Crippen MR) is 86.3 cm³/mol. The maximum absolute atomic E-state index is 6.12. The predicted octanol–water partition coefficient (Wildman–Crippen LogP) is 4.60. The fourth-order valence-electron chi connectivity index (χ4n) is 3.26. The Bertz CT molecular complexity index is 750. The van der Waals surface area contributed by atoms with Gasteiger partial charge < -0.3 is 9.30 Å². The van der Waals surface area contributed by atoms with E-state index in [4.69, 9.17) is 4.74 Å². The van der Waals surface area contributed by atoms with Crippen molar-refractivity contribution in [1.82, 2.24) is 9.55 Å². The Kier molecular flexibility index (Phi) is 3.39. The quantitative estimate of drug-likeness (QED) is 0.705. The van der Waals surface area contributed by atoms with Crippen LogP contribution >= 0.6 is 0 Å². The largest absolute Gasteiger partial charge is 0.457 e. The summed E-state index contributed by atoms with van der Waals surface area (Å²) < 4.78 is 8.32. The molecule has 22 heavy (non-hydrogen) atoms. The van der Waals surface area contributed by atoms with Crippen LogP contribution in [-0.2, 0) is 6.42 Å². The normalized spacial score (nSPS) is 17.0. The van der Waals surface area contributed by atoms with E-state index in [0.29, 0.717) is 6.04 Å². The van der Waals surface area contributed by atoms with Gasteiger partial charge in [0.1, 0.15) is 11.5 Å². The average Bonchev–Trinajstić information content (AvgIpc) is 3.10. The van der Waals surface area contributed by atoms with Crippen molar-refractivity contribution in [3.63, 3.8) is 0 Å². The molecule has 0 saturated heterocycles. The number of nitrogens with zero attached hydrogens (tertiary/aromatic N) is 2. The number of fused-ring (bicyclic) bond motifs is 1. The van der Waals surface area contributed by atoms with Gasteiger partial charge in [0.2, 0.25) is 0 Å². The molecule has 3 nitrogen and oxygen atoms in total. The van der Waals surface area contributed by atoms with Crippen LogP contribution in [0.1, 0.15) is 30.0 Å². The number of imidazole rings is 1. The number of hydrogen-bond acceptors (Lipinski definition) is 2. The van der Waals surface area contributed by atoms with Gasteiger partial charge in [0.25, 0.3) is 0 Å². The van der Waals surface area contributed by atoms with Crippen LogP contribution < -0.4 is 4.74 Å². The van der Waals surface area contributed by atoms with Gasteiger partial charge in [0, 0.05) is 18.0 Å². The van der Waals surface area contributed by atoms with Gasteiger partial charge in [0.05, 0.1) is 12.4 Å². The zero-order valence-electron chi connectivity index (χ0n) is 12.4. The van der Waals surface area contributed by atoms with Gasteiger partial charge in [-0.15, -0.1) is 0 Å². The monoisotopic (exact) mass is 290 g/mol. The molecular formula is C19H18N2O. The van der Waals surface area contributed by atoms with Crippen molar-refractivity contribution >= 4 is 0 Å². The molecule has 0 saturated carbocycles. The molecule has 1 atom stereocenters. The molecule has 0 radical (unpaired) electrons. The summed E-state index contributed by atoms with van der Waals surface area (Å²) in [5.74, 6) is 1.87. The highest BCUT2D eigenvalue weighted by molar-refractivity contribution is 5.45. The van der Waals surface area contributed by atoms with E-state index in [2.05, 4.69) is 27.8 Å². The summed E-state index contributed by atoms with van der Waals surface area (Å²) in [6, 6.07) is 16.7. The van der Waals surface area contributed by atoms with Crippen LogP contribution in [0.5, 0.6) is 11.5 Å². The lowest BCUT2D eigenvalue weighted by Gasteiger charge is -2.28. The Labute approximate surface area is 130 Å². The molecule has 0 aliphatic heterocycles. The molecule has 1 unspecified atom stereocenters. The summed E-state index contributed by atoms with van der Waals surface area (Å²) in [4.78, 5) is 4.19. The zero-order valence-corrected chi connectivity index (χ0v) is 12.4. The van der Waals surface area contributed by atoms with E-state index in [1.54, 1.807) is 0 Å². The van der Waals surface area contributed by atoms with Gasteiger partial charge in [-0.2, -0.15) is 0 Å². The molecule has 1 aromatic heterocycles. The van der Waals surface area contributed by atoms with E-state index in [1.165, 1.54) is 17.5 Å². The third-order valence-corrected chi connectivity index (χ3v) is 4.29. The lowest BCUT2D eigenvalue weighted by molar-refractivity contribution is 0.447. The van der Waals surface area contributed by atoms with Crippen LogP contribution in [0.2, 0.25) is 0 Å². The molecule has 0 fully saturated rings. The summed E-state index contributed by atoms with van der Waals surface area (Å²) in [5, 5.41) is 0. The maximum Gasteiger partial charge on any atom is 0.130 e. The lowest BCUT2D eigenvalue weighted by atomic mass is 9.87. The number of rotatable bonds is 3. The van der Waals surface area contributed by atoms with E-state index < -0.39 is 0 Å². The number of para-hydroxylation sites is 1. The van der Waals surface area contributed by atoms with Gasteiger partial charge >= 0.3 is 0 Å². The highest BCUT2D eigenvalue weighted by Gasteiger charge is 2.24. The van der Waals surface area contributed by atoms with Crippen LogP contribution in [0.25, 0.3) is 0 Å². The molecule has 2 aromatic carbocycles. The Morgan fingerprint density at radius 3 is 2.77 bits per heavy atom. The molecule has 1 aliphatic carbocycles. The molecule has 110 valence electrons. The second kappa shape index (κ2) is 5.68. The molecular weight excluding hydrogens is 272 g/mol. The Balaban J connectivity index is 1.72. The van der Waals surface area contributed by atoms with Crippen LogP contribution in [-0.4, -0.2) is 9.55 Å². The van der Waals surface area contributed by atoms with Crippen LogP contribution in [0.4, 0.5) is 0 Å². The second-order valence-corrected chi connectivity index (χ2v) is 5.66. The van der Waals surface area contributed by atoms with E-state index in [0.717, 1.165) is 24.3 Å². The minimum Gasteiger partial charge on any atom is -0.457 e. The number of hydrogen-bond donors (Lipinski definition) is 0. The fraction of sp³-hybridized carbons (Fsp3) is 0.211.